The Labute approximate surface area is 118 Å². The van der Waals surface area contributed by atoms with Gasteiger partial charge in [0.05, 0.1) is 16.1 Å². The number of halogens is 3. The van der Waals surface area contributed by atoms with E-state index in [9.17, 15) is 4.39 Å². The van der Waals surface area contributed by atoms with E-state index in [0.717, 1.165) is 10.4 Å². The molecule has 1 aromatic heterocycles. The molecule has 0 amide bonds. The monoisotopic (exact) mass is 304 g/mol. The third-order valence-electron chi connectivity index (χ3n) is 2.59. The number of nitrogens with two attached hydrogens (primary N) is 1. The van der Waals surface area contributed by atoms with Crippen LogP contribution in [0.3, 0.4) is 0 Å². The van der Waals surface area contributed by atoms with Crippen LogP contribution in [0, 0.1) is 5.82 Å². The number of thiophene rings is 1. The van der Waals surface area contributed by atoms with Crippen LogP contribution in [0.2, 0.25) is 10.0 Å². The summed E-state index contributed by atoms with van der Waals surface area (Å²) >= 11 is 13.2. The number of benzene rings is 1. The van der Waals surface area contributed by atoms with E-state index >= 15 is 0 Å². The first-order valence-corrected chi connectivity index (χ1v) is 6.88. The summed E-state index contributed by atoms with van der Waals surface area (Å²) in [6.45, 7) is 0. The van der Waals surface area contributed by atoms with Crippen molar-refractivity contribution in [3.05, 3.63) is 55.9 Å². The molecule has 18 heavy (non-hydrogen) atoms. The lowest BCUT2D eigenvalue weighted by molar-refractivity contribution is 0.557. The van der Waals surface area contributed by atoms with Crippen LogP contribution in [0.25, 0.3) is 0 Å². The van der Waals surface area contributed by atoms with Crippen molar-refractivity contribution in [1.82, 2.24) is 5.43 Å². The van der Waals surface area contributed by atoms with Gasteiger partial charge in [0.25, 0.3) is 0 Å². The molecular weight excluding hydrogens is 294 g/mol. The average Bonchev–Trinajstić information content (AvgIpc) is 2.77. The first-order valence-electron chi connectivity index (χ1n) is 5.24. The van der Waals surface area contributed by atoms with Gasteiger partial charge in [-0.2, -0.15) is 0 Å². The molecule has 6 heteroatoms. The molecule has 0 saturated heterocycles. The molecule has 2 nitrogen and oxygen atoms in total. The number of hydrazine groups is 1. The van der Waals surface area contributed by atoms with E-state index in [1.165, 1.54) is 23.5 Å². The molecular formula is C12H11Cl2FN2S. The minimum Gasteiger partial charge on any atom is -0.271 e. The highest BCUT2D eigenvalue weighted by atomic mass is 35.5. The molecule has 0 aliphatic heterocycles. The zero-order chi connectivity index (χ0) is 13.1. The van der Waals surface area contributed by atoms with Gasteiger partial charge in [-0.25, -0.2) is 4.39 Å². The maximum atomic E-state index is 13.3. The van der Waals surface area contributed by atoms with E-state index in [1.807, 2.05) is 11.4 Å². The van der Waals surface area contributed by atoms with Crippen molar-refractivity contribution in [3.63, 3.8) is 0 Å². The van der Waals surface area contributed by atoms with Crippen molar-refractivity contribution in [2.75, 3.05) is 0 Å². The maximum Gasteiger partial charge on any atom is 0.142 e. The van der Waals surface area contributed by atoms with Crippen LogP contribution < -0.4 is 11.3 Å². The Balaban J connectivity index is 2.20. The molecule has 0 saturated carbocycles. The molecule has 2 aromatic rings. The molecule has 1 unspecified atom stereocenters. The molecule has 1 aromatic carbocycles. The van der Waals surface area contributed by atoms with Gasteiger partial charge in [-0.3, -0.25) is 11.3 Å². The third kappa shape index (κ3) is 3.02. The van der Waals surface area contributed by atoms with Gasteiger partial charge in [0.1, 0.15) is 5.82 Å². The quantitative estimate of drug-likeness (QED) is 0.663. The van der Waals surface area contributed by atoms with Crippen molar-refractivity contribution in [2.24, 2.45) is 5.84 Å². The number of hydrogen-bond acceptors (Lipinski definition) is 3. The molecule has 2 rings (SSSR count). The summed E-state index contributed by atoms with van der Waals surface area (Å²) in [4.78, 5) is 0.939. The summed E-state index contributed by atoms with van der Waals surface area (Å²) < 4.78 is 13.3. The Morgan fingerprint density at radius 1 is 1.28 bits per heavy atom. The lowest BCUT2D eigenvalue weighted by Gasteiger charge is -2.15. The maximum absolute atomic E-state index is 13.3. The van der Waals surface area contributed by atoms with Crippen molar-refractivity contribution >= 4 is 34.5 Å². The van der Waals surface area contributed by atoms with Crippen molar-refractivity contribution < 1.29 is 4.39 Å². The van der Waals surface area contributed by atoms with Crippen LogP contribution in [-0.4, -0.2) is 0 Å². The van der Waals surface area contributed by atoms with Crippen LogP contribution in [-0.2, 0) is 6.42 Å². The molecule has 0 fully saturated rings. The lowest BCUT2D eigenvalue weighted by Crippen LogP contribution is -2.29. The van der Waals surface area contributed by atoms with E-state index in [2.05, 4.69) is 5.43 Å². The fourth-order valence-electron chi connectivity index (χ4n) is 1.68. The smallest absolute Gasteiger partial charge is 0.142 e. The fraction of sp³-hybridized carbons (Fsp3) is 0.167. The van der Waals surface area contributed by atoms with Gasteiger partial charge in [-0.1, -0.05) is 29.3 Å². The normalized spacial score (nSPS) is 12.7. The average molecular weight is 305 g/mol. The van der Waals surface area contributed by atoms with Gasteiger partial charge >= 0.3 is 0 Å². The summed E-state index contributed by atoms with van der Waals surface area (Å²) in [7, 11) is 0. The second kappa shape index (κ2) is 5.99. The third-order valence-corrected chi connectivity index (χ3v) is 4.36. The first-order chi connectivity index (χ1) is 8.61. The molecule has 3 N–H and O–H groups in total. The summed E-state index contributed by atoms with van der Waals surface area (Å²) in [6, 6.07) is 6.40. The summed E-state index contributed by atoms with van der Waals surface area (Å²) in [5, 5.41) is 2.67. The number of nitrogens with one attached hydrogen (secondary N) is 1. The Morgan fingerprint density at radius 2 is 2.06 bits per heavy atom. The van der Waals surface area contributed by atoms with Gasteiger partial charge in [0.15, 0.2) is 0 Å². The fourth-order valence-corrected chi connectivity index (χ4v) is 3.05. The van der Waals surface area contributed by atoms with E-state index in [-0.39, 0.29) is 11.1 Å². The Morgan fingerprint density at radius 3 is 2.61 bits per heavy atom. The van der Waals surface area contributed by atoms with Gasteiger partial charge in [0, 0.05) is 4.88 Å². The van der Waals surface area contributed by atoms with E-state index in [1.54, 1.807) is 6.07 Å². The van der Waals surface area contributed by atoms with Crippen LogP contribution in [0.5, 0.6) is 0 Å². The first kappa shape index (κ1) is 13.8. The molecule has 0 radical (unpaired) electrons. The van der Waals surface area contributed by atoms with Gasteiger partial charge in [-0.15, -0.1) is 11.3 Å². The zero-order valence-corrected chi connectivity index (χ0v) is 11.6. The largest absolute Gasteiger partial charge is 0.271 e. The van der Waals surface area contributed by atoms with E-state index in [0.29, 0.717) is 11.4 Å². The lowest BCUT2D eigenvalue weighted by atomic mass is 10.1. The second-order valence-electron chi connectivity index (χ2n) is 3.80. The highest BCUT2D eigenvalue weighted by Gasteiger charge is 2.16. The van der Waals surface area contributed by atoms with Crippen molar-refractivity contribution in [2.45, 2.75) is 12.5 Å². The predicted molar refractivity (Wildman–Crippen MR) is 74.5 cm³/mol. The number of hydrogen-bond donors (Lipinski definition) is 2. The summed E-state index contributed by atoms with van der Waals surface area (Å²) in [6.07, 6.45) is 0.546. The molecule has 0 bridgehead atoms. The van der Waals surface area contributed by atoms with Crippen LogP contribution in [0.15, 0.2) is 29.6 Å². The van der Waals surface area contributed by atoms with Gasteiger partial charge < -0.3 is 0 Å². The number of rotatable bonds is 4. The minimum absolute atomic E-state index is 0.116. The van der Waals surface area contributed by atoms with Crippen LogP contribution in [0.4, 0.5) is 4.39 Å². The Kier molecular flexibility index (Phi) is 4.59. The van der Waals surface area contributed by atoms with Crippen molar-refractivity contribution in [3.8, 4) is 0 Å². The van der Waals surface area contributed by atoms with Crippen LogP contribution in [0.1, 0.15) is 16.5 Å². The molecule has 1 heterocycles. The Bertz CT molecular complexity index is 545. The highest BCUT2D eigenvalue weighted by molar-refractivity contribution is 7.10. The summed E-state index contributed by atoms with van der Waals surface area (Å²) in [5.74, 6) is 5.10. The predicted octanol–water partition coefficient (Wildman–Crippen LogP) is 3.94. The standard InChI is InChI=1S/C12H11Cl2FN2S/c13-8-2-1-7(5-10(8)15)6-11(17-16)12-9(14)3-4-18-12/h1-5,11,17H,6,16H2. The van der Waals surface area contributed by atoms with Gasteiger partial charge in [0.2, 0.25) is 0 Å². The molecule has 0 aliphatic carbocycles. The molecule has 96 valence electrons. The van der Waals surface area contributed by atoms with Crippen LogP contribution >= 0.6 is 34.5 Å². The second-order valence-corrected chi connectivity index (χ2v) is 5.57. The van der Waals surface area contributed by atoms with E-state index < -0.39 is 5.82 Å². The topological polar surface area (TPSA) is 38.0 Å². The molecule has 0 spiro atoms. The Hall–Kier alpha value is -0.650. The SMILES string of the molecule is NNC(Cc1ccc(Cl)c(F)c1)c1sccc1Cl. The highest BCUT2D eigenvalue weighted by Crippen LogP contribution is 2.30. The molecule has 0 aliphatic rings. The molecule has 1 atom stereocenters. The van der Waals surface area contributed by atoms with Crippen molar-refractivity contribution in [1.29, 1.82) is 0 Å². The van der Waals surface area contributed by atoms with Gasteiger partial charge in [-0.05, 0) is 35.6 Å². The zero-order valence-electron chi connectivity index (χ0n) is 9.29. The minimum atomic E-state index is -0.429. The summed E-state index contributed by atoms with van der Waals surface area (Å²) in [5.41, 5.74) is 3.51. The van der Waals surface area contributed by atoms with E-state index in [4.69, 9.17) is 29.0 Å².